The smallest absolute Gasteiger partial charge is 0.434 e. The second-order valence-electron chi connectivity index (χ2n) is 10.5. The summed E-state index contributed by atoms with van der Waals surface area (Å²) in [6.07, 6.45) is 1.33. The summed E-state index contributed by atoms with van der Waals surface area (Å²) in [6.45, 7) is 7.77. The molecular weight excluding hydrogens is 539 g/mol. The van der Waals surface area contributed by atoms with Crippen LogP contribution >= 0.6 is 11.8 Å². The van der Waals surface area contributed by atoms with E-state index in [4.69, 9.17) is 5.73 Å². The van der Waals surface area contributed by atoms with Crippen molar-refractivity contribution in [3.05, 3.63) is 42.1 Å². The van der Waals surface area contributed by atoms with Crippen LogP contribution in [0.3, 0.4) is 0 Å². The number of nitrogen functional groups attached to an aromatic ring is 1. The third-order valence-electron chi connectivity index (χ3n) is 6.88. The molecule has 3 aromatic rings. The first-order chi connectivity index (χ1) is 17.9. The molecule has 1 spiro atoms. The van der Waals surface area contributed by atoms with Crippen LogP contribution in [0.2, 0.25) is 0 Å². The first kappa shape index (κ1) is 27.0. The van der Waals surface area contributed by atoms with Gasteiger partial charge in [0.05, 0.1) is 24.6 Å². The van der Waals surface area contributed by atoms with Crippen molar-refractivity contribution < 1.29 is 17.7 Å². The highest BCUT2D eigenvalue weighted by atomic mass is 32.2. The van der Waals surface area contributed by atoms with Gasteiger partial charge in [-0.25, -0.2) is 14.6 Å². The maximum absolute atomic E-state index is 13.3. The molecule has 3 aromatic heterocycles. The molecule has 38 heavy (non-hydrogen) atoms. The van der Waals surface area contributed by atoms with E-state index in [1.54, 1.807) is 6.20 Å². The Kier molecular flexibility index (Phi) is 6.99. The van der Waals surface area contributed by atoms with Gasteiger partial charge in [-0.3, -0.25) is 4.98 Å². The van der Waals surface area contributed by atoms with Gasteiger partial charge in [0.15, 0.2) is 11.5 Å². The maximum atomic E-state index is 13.3. The molecule has 10 nitrogen and oxygen atoms in total. The number of fused-ring (bicyclic) bond motifs is 1. The van der Waals surface area contributed by atoms with Crippen molar-refractivity contribution in [2.75, 3.05) is 23.7 Å². The number of piperidine rings is 1. The summed E-state index contributed by atoms with van der Waals surface area (Å²) in [7, 11) is 0. The first-order valence-corrected chi connectivity index (χ1v) is 14.0. The minimum atomic E-state index is -4.59. The van der Waals surface area contributed by atoms with Crippen LogP contribution in [-0.2, 0) is 24.1 Å². The average Bonchev–Trinajstić information content (AvgIpc) is 3.40. The van der Waals surface area contributed by atoms with Crippen LogP contribution in [-0.4, -0.2) is 52.3 Å². The fourth-order valence-corrected chi connectivity index (χ4v) is 6.63. The number of nitrogens with zero attached hydrogens (tertiary/aromatic N) is 7. The van der Waals surface area contributed by atoms with Crippen molar-refractivity contribution in [3.63, 3.8) is 0 Å². The van der Waals surface area contributed by atoms with Crippen LogP contribution in [0.15, 0.2) is 40.6 Å². The standard InChI is InChI=1S/C23H28F3N9OS2/c1-21(2,3)38(36)32-17-14-11-30-33-35(14)13-22(17)6-9-34(10-7-22)16-12-29-20(19(27)31-16)37-15-5-4-8-28-18(15)23(24,25)26/h4-5,8,11-12,17,32H,6-7,9-10,13H2,1-3H3,(H2,27,31)/t17-,38-/m1/s1. The maximum Gasteiger partial charge on any atom is 0.434 e. The molecule has 0 amide bonds. The van der Waals surface area contributed by atoms with Gasteiger partial charge < -0.3 is 15.2 Å². The molecule has 0 aliphatic carbocycles. The number of aromatic nitrogens is 6. The van der Waals surface area contributed by atoms with Gasteiger partial charge in [0.1, 0.15) is 21.6 Å². The van der Waals surface area contributed by atoms with E-state index in [9.17, 15) is 17.7 Å². The van der Waals surface area contributed by atoms with Gasteiger partial charge in [-0.1, -0.05) is 17.0 Å². The number of alkyl halides is 3. The van der Waals surface area contributed by atoms with Crippen molar-refractivity contribution in [1.82, 2.24) is 34.7 Å². The predicted octanol–water partition coefficient (Wildman–Crippen LogP) is 3.61. The van der Waals surface area contributed by atoms with E-state index in [1.165, 1.54) is 18.3 Å². The summed E-state index contributed by atoms with van der Waals surface area (Å²) >= 11 is -0.482. The summed E-state index contributed by atoms with van der Waals surface area (Å²) < 4.78 is 57.8. The van der Waals surface area contributed by atoms with E-state index < -0.39 is 28.0 Å². The third kappa shape index (κ3) is 5.16. The van der Waals surface area contributed by atoms with Gasteiger partial charge in [0.25, 0.3) is 0 Å². The number of nitrogens with two attached hydrogens (primary N) is 1. The molecule has 15 heteroatoms. The van der Waals surface area contributed by atoms with Crippen LogP contribution in [0.5, 0.6) is 0 Å². The normalized spacial score (nSPS) is 20.1. The Labute approximate surface area is 225 Å². The van der Waals surface area contributed by atoms with Gasteiger partial charge in [-0.15, -0.1) is 9.82 Å². The Morgan fingerprint density at radius 3 is 2.58 bits per heavy atom. The first-order valence-electron chi connectivity index (χ1n) is 12.0. The Bertz CT molecular complexity index is 1310. The van der Waals surface area contributed by atoms with Crippen molar-refractivity contribution in [2.24, 2.45) is 5.41 Å². The second kappa shape index (κ2) is 9.84. The minimum Gasteiger partial charge on any atom is -0.598 e. The fourth-order valence-electron chi connectivity index (χ4n) is 4.82. The summed E-state index contributed by atoms with van der Waals surface area (Å²) in [4.78, 5) is 14.2. The highest BCUT2D eigenvalue weighted by Gasteiger charge is 2.52. The largest absolute Gasteiger partial charge is 0.598 e. The van der Waals surface area contributed by atoms with E-state index >= 15 is 0 Å². The molecule has 204 valence electrons. The fraction of sp³-hybridized carbons (Fsp3) is 0.522. The Hall–Kier alpha value is -2.62. The third-order valence-corrected chi connectivity index (χ3v) is 9.50. The monoisotopic (exact) mass is 567 g/mol. The summed E-state index contributed by atoms with van der Waals surface area (Å²) in [5.74, 6) is 0.612. The quantitative estimate of drug-likeness (QED) is 0.441. The molecule has 0 saturated carbocycles. The van der Waals surface area contributed by atoms with E-state index in [0.717, 1.165) is 36.5 Å². The molecule has 0 unspecified atom stereocenters. The lowest BCUT2D eigenvalue weighted by atomic mass is 9.74. The number of halogens is 3. The zero-order valence-corrected chi connectivity index (χ0v) is 22.7. The molecule has 0 aromatic carbocycles. The molecule has 1 saturated heterocycles. The lowest BCUT2D eigenvalue weighted by Crippen LogP contribution is -2.50. The highest BCUT2D eigenvalue weighted by Crippen LogP contribution is 2.50. The summed E-state index contributed by atoms with van der Waals surface area (Å²) in [6, 6.07) is 2.61. The zero-order valence-electron chi connectivity index (χ0n) is 21.1. The average molecular weight is 568 g/mol. The molecule has 3 N–H and O–H groups in total. The van der Waals surface area contributed by atoms with Crippen LogP contribution in [0, 0.1) is 5.41 Å². The van der Waals surface area contributed by atoms with Crippen LogP contribution in [0.4, 0.5) is 24.8 Å². The van der Waals surface area contributed by atoms with E-state index in [-0.39, 0.29) is 27.2 Å². The molecule has 2 aliphatic rings. The van der Waals surface area contributed by atoms with Gasteiger partial charge >= 0.3 is 6.18 Å². The Morgan fingerprint density at radius 1 is 1.18 bits per heavy atom. The minimum absolute atomic E-state index is 0.0527. The van der Waals surface area contributed by atoms with E-state index in [0.29, 0.717) is 25.5 Å². The van der Waals surface area contributed by atoms with Gasteiger partial charge in [-0.2, -0.15) is 13.2 Å². The van der Waals surface area contributed by atoms with E-state index in [1.807, 2.05) is 25.5 Å². The second-order valence-corrected chi connectivity index (χ2v) is 13.5. The highest BCUT2D eigenvalue weighted by molar-refractivity contribution is 7.99. The molecule has 2 aliphatic heterocycles. The lowest BCUT2D eigenvalue weighted by molar-refractivity contribution is -0.143. The van der Waals surface area contributed by atoms with Crippen LogP contribution in [0.25, 0.3) is 0 Å². The molecule has 5 rings (SSSR count). The number of rotatable bonds is 5. The van der Waals surface area contributed by atoms with Crippen molar-refractivity contribution in [3.8, 4) is 0 Å². The number of anilines is 2. The van der Waals surface area contributed by atoms with Crippen molar-refractivity contribution >= 4 is 34.8 Å². The number of nitrogens with one attached hydrogen (secondary N) is 1. The molecule has 2 atom stereocenters. The molecule has 1 fully saturated rings. The lowest BCUT2D eigenvalue weighted by Gasteiger charge is -2.43. The van der Waals surface area contributed by atoms with E-state index in [2.05, 4.69) is 34.9 Å². The van der Waals surface area contributed by atoms with Gasteiger partial charge in [0.2, 0.25) is 0 Å². The number of hydrogen-bond donors (Lipinski definition) is 2. The Balaban J connectivity index is 1.30. The Morgan fingerprint density at radius 2 is 1.92 bits per heavy atom. The van der Waals surface area contributed by atoms with Crippen molar-refractivity contribution in [2.45, 2.75) is 67.0 Å². The van der Waals surface area contributed by atoms with Crippen molar-refractivity contribution in [1.29, 1.82) is 0 Å². The van der Waals surface area contributed by atoms with Gasteiger partial charge in [0, 0.05) is 41.0 Å². The molecular formula is C23H28F3N9OS2. The predicted molar refractivity (Wildman–Crippen MR) is 137 cm³/mol. The van der Waals surface area contributed by atoms with Crippen LogP contribution < -0.4 is 15.4 Å². The summed E-state index contributed by atoms with van der Waals surface area (Å²) in [5.41, 5.74) is 5.88. The number of pyridine rings is 1. The molecule has 0 bridgehead atoms. The molecule has 5 heterocycles. The number of hydrogen-bond acceptors (Lipinski definition) is 10. The topological polar surface area (TPSA) is 134 Å². The molecule has 0 radical (unpaired) electrons. The van der Waals surface area contributed by atoms with Crippen LogP contribution in [0.1, 0.15) is 51.0 Å². The SMILES string of the molecule is CC(C)(C)[S@@+]([O-])N[C@@H]1c2cnnn2CC12CCN(c1cnc(Sc3cccnc3C(F)(F)F)c(N)n1)CC2. The zero-order chi connectivity index (χ0) is 27.3. The van der Waals surface area contributed by atoms with Gasteiger partial charge in [-0.05, 0) is 45.7 Å². The summed E-state index contributed by atoms with van der Waals surface area (Å²) in [5, 5.41) is 8.44.